The fourth-order valence-electron chi connectivity index (χ4n) is 3.04. The molecule has 1 aromatic carbocycles. The van der Waals surface area contributed by atoms with Crippen molar-refractivity contribution in [3.05, 3.63) is 39.9 Å². The van der Waals surface area contributed by atoms with Crippen LogP contribution in [0.5, 0.6) is 0 Å². The first-order chi connectivity index (χ1) is 10.9. The van der Waals surface area contributed by atoms with E-state index in [1.807, 2.05) is 0 Å². The van der Waals surface area contributed by atoms with Gasteiger partial charge >= 0.3 is 5.97 Å². The maximum Gasteiger partial charge on any atom is 0.337 e. The van der Waals surface area contributed by atoms with Gasteiger partial charge in [-0.25, -0.2) is 4.79 Å². The summed E-state index contributed by atoms with van der Waals surface area (Å²) in [5, 5.41) is 3.17. The van der Waals surface area contributed by atoms with Crippen molar-refractivity contribution >= 4 is 35.1 Å². The topological polar surface area (TPSA) is 75.7 Å². The Labute approximate surface area is 138 Å². The molecular weight excluding hydrogens is 320 g/mol. The first-order valence-electron chi connectivity index (χ1n) is 7.13. The quantitative estimate of drug-likeness (QED) is 0.658. The van der Waals surface area contributed by atoms with Gasteiger partial charge in [0.1, 0.15) is 0 Å². The predicted octanol–water partition coefficient (Wildman–Crippen LogP) is 1.59. The number of nitrogens with one attached hydrogen (secondary N) is 1. The number of methoxy groups -OCH3 is 1. The number of hydrogen-bond donors (Lipinski definition) is 1. The lowest BCUT2D eigenvalue weighted by Crippen LogP contribution is -2.35. The number of likely N-dealkylation sites (N-methyl/N-ethyl adjacent to an activating group) is 1. The van der Waals surface area contributed by atoms with Crippen molar-refractivity contribution in [1.29, 1.82) is 0 Å². The van der Waals surface area contributed by atoms with E-state index < -0.39 is 12.0 Å². The Bertz CT molecular complexity index is 756. The van der Waals surface area contributed by atoms with Crippen LogP contribution in [0.4, 0.5) is 0 Å². The number of amides is 2. The lowest BCUT2D eigenvalue weighted by molar-refractivity contribution is -0.136. The van der Waals surface area contributed by atoms with Gasteiger partial charge < -0.3 is 15.0 Å². The summed E-state index contributed by atoms with van der Waals surface area (Å²) in [5.41, 5.74) is 1.63. The lowest BCUT2D eigenvalue weighted by Gasteiger charge is -2.23. The molecular formula is C16H15ClN2O4. The number of halogens is 1. The van der Waals surface area contributed by atoms with Crippen LogP contribution in [-0.2, 0) is 14.3 Å². The van der Waals surface area contributed by atoms with Gasteiger partial charge in [0.05, 0.1) is 24.4 Å². The molecule has 1 saturated heterocycles. The van der Waals surface area contributed by atoms with Gasteiger partial charge in [0.15, 0.2) is 0 Å². The molecule has 1 unspecified atom stereocenters. The third kappa shape index (κ3) is 2.49. The second kappa shape index (κ2) is 5.70. The minimum absolute atomic E-state index is 0.0485. The Morgan fingerprint density at radius 3 is 2.70 bits per heavy atom. The van der Waals surface area contributed by atoms with Gasteiger partial charge in [0, 0.05) is 29.6 Å². The lowest BCUT2D eigenvalue weighted by atomic mass is 9.98. The fraction of sp³-hybridized carbons (Fsp3) is 0.312. The number of ether oxygens (including phenoxy) is 1. The van der Waals surface area contributed by atoms with Crippen LogP contribution in [0.3, 0.4) is 0 Å². The van der Waals surface area contributed by atoms with Gasteiger partial charge in [0.25, 0.3) is 5.91 Å². The number of carbonyl (C=O) groups excluding carboxylic acids is 3. The minimum atomic E-state index is -0.570. The van der Waals surface area contributed by atoms with Crippen LogP contribution in [-0.4, -0.2) is 42.9 Å². The first-order valence-corrected chi connectivity index (χ1v) is 7.51. The zero-order valence-corrected chi connectivity index (χ0v) is 13.4. The van der Waals surface area contributed by atoms with E-state index in [1.54, 1.807) is 25.2 Å². The summed E-state index contributed by atoms with van der Waals surface area (Å²) in [7, 11) is 2.91. The molecule has 0 aromatic heterocycles. The zero-order chi connectivity index (χ0) is 16.7. The summed E-state index contributed by atoms with van der Waals surface area (Å²) in [6, 6.07) is 4.42. The summed E-state index contributed by atoms with van der Waals surface area (Å²) < 4.78 is 4.88. The predicted molar refractivity (Wildman–Crippen MR) is 83.6 cm³/mol. The Balaban J connectivity index is 2.19. The third-order valence-corrected chi connectivity index (χ3v) is 4.47. The van der Waals surface area contributed by atoms with Crippen LogP contribution in [0, 0.1) is 0 Å². The minimum Gasteiger partial charge on any atom is -0.466 e. The van der Waals surface area contributed by atoms with Gasteiger partial charge in [-0.15, -0.1) is 0 Å². The van der Waals surface area contributed by atoms with E-state index in [1.165, 1.54) is 12.0 Å². The molecule has 2 heterocycles. The normalized spacial score (nSPS) is 22.0. The van der Waals surface area contributed by atoms with Crippen LogP contribution in [0.25, 0.3) is 5.70 Å². The summed E-state index contributed by atoms with van der Waals surface area (Å²) >= 11 is 6.02. The number of hydrogen-bond acceptors (Lipinski definition) is 4. The molecule has 0 bridgehead atoms. The zero-order valence-electron chi connectivity index (χ0n) is 12.7. The molecule has 1 atom stereocenters. The maximum absolute atomic E-state index is 12.3. The molecule has 0 radical (unpaired) electrons. The van der Waals surface area contributed by atoms with E-state index in [2.05, 4.69) is 5.32 Å². The molecule has 1 aromatic rings. The van der Waals surface area contributed by atoms with Crippen molar-refractivity contribution in [2.45, 2.75) is 18.9 Å². The smallest absolute Gasteiger partial charge is 0.337 e. The largest absolute Gasteiger partial charge is 0.466 e. The van der Waals surface area contributed by atoms with Gasteiger partial charge in [-0.3, -0.25) is 9.59 Å². The van der Waals surface area contributed by atoms with Crippen molar-refractivity contribution in [3.8, 4) is 0 Å². The number of esters is 1. The highest BCUT2D eigenvalue weighted by atomic mass is 35.5. The molecule has 23 heavy (non-hydrogen) atoms. The summed E-state index contributed by atoms with van der Waals surface area (Å²) in [6.45, 7) is 0. The maximum atomic E-state index is 12.3. The van der Waals surface area contributed by atoms with Gasteiger partial charge in [0.2, 0.25) is 5.91 Å². The number of fused-ring (bicyclic) bond motifs is 1. The molecule has 1 fully saturated rings. The van der Waals surface area contributed by atoms with Crippen molar-refractivity contribution in [2.24, 2.45) is 0 Å². The van der Waals surface area contributed by atoms with Crippen LogP contribution in [0.15, 0.2) is 23.8 Å². The molecule has 7 heteroatoms. The van der Waals surface area contributed by atoms with E-state index in [9.17, 15) is 14.4 Å². The Morgan fingerprint density at radius 1 is 1.35 bits per heavy atom. The van der Waals surface area contributed by atoms with E-state index in [4.69, 9.17) is 16.3 Å². The number of benzene rings is 1. The van der Waals surface area contributed by atoms with Crippen molar-refractivity contribution in [3.63, 3.8) is 0 Å². The molecule has 1 N–H and O–H groups in total. The summed E-state index contributed by atoms with van der Waals surface area (Å²) in [4.78, 5) is 37.8. The highest BCUT2D eigenvalue weighted by Crippen LogP contribution is 2.34. The Hall–Kier alpha value is -2.34. The van der Waals surface area contributed by atoms with Crippen LogP contribution in [0.1, 0.15) is 28.8 Å². The van der Waals surface area contributed by atoms with Gasteiger partial charge in [-0.2, -0.15) is 0 Å². The average Bonchev–Trinajstić information content (AvgIpc) is 3.02. The fourth-order valence-corrected chi connectivity index (χ4v) is 3.21. The van der Waals surface area contributed by atoms with Crippen molar-refractivity contribution in [2.75, 3.05) is 14.2 Å². The second-order valence-electron chi connectivity index (χ2n) is 5.48. The number of nitrogens with zero attached hydrogens (tertiary/aromatic N) is 1. The average molecular weight is 335 g/mol. The molecule has 0 saturated carbocycles. The van der Waals surface area contributed by atoms with Crippen molar-refractivity contribution in [1.82, 2.24) is 10.2 Å². The van der Waals surface area contributed by atoms with E-state index >= 15 is 0 Å². The highest BCUT2D eigenvalue weighted by Gasteiger charge is 2.39. The molecule has 0 spiro atoms. The van der Waals surface area contributed by atoms with Crippen LogP contribution >= 0.6 is 11.6 Å². The summed E-state index contributed by atoms with van der Waals surface area (Å²) in [5.74, 6) is -0.924. The third-order valence-electron chi connectivity index (χ3n) is 4.23. The Morgan fingerprint density at radius 2 is 2.09 bits per heavy atom. The highest BCUT2D eigenvalue weighted by molar-refractivity contribution is 6.31. The van der Waals surface area contributed by atoms with Gasteiger partial charge in [-0.1, -0.05) is 11.6 Å². The van der Waals surface area contributed by atoms with E-state index in [-0.39, 0.29) is 17.4 Å². The monoisotopic (exact) mass is 334 g/mol. The van der Waals surface area contributed by atoms with Crippen LogP contribution < -0.4 is 5.32 Å². The number of carbonyl (C=O) groups is 3. The van der Waals surface area contributed by atoms with Crippen LogP contribution in [0.2, 0.25) is 5.02 Å². The Kier molecular flexibility index (Phi) is 3.85. The number of rotatable bonds is 2. The standard InChI is InChI=1S/C16H15ClN2O4/c1-19-11(5-6-12(19)20)13(16(22)23-2)14-10-7-8(17)3-4-9(10)15(21)18-14/h3-4,7,11H,5-6H2,1-2H3,(H,18,21)/b14-13+. The molecule has 6 nitrogen and oxygen atoms in total. The van der Waals surface area contributed by atoms with Crippen molar-refractivity contribution < 1.29 is 19.1 Å². The molecule has 0 aliphatic carbocycles. The summed E-state index contributed by atoms with van der Waals surface area (Å²) in [6.07, 6.45) is 0.848. The molecule has 3 rings (SSSR count). The SMILES string of the molecule is COC(=O)/C(=C1/NC(=O)c2ccc(Cl)cc21)C1CCC(=O)N1C. The second-order valence-corrected chi connectivity index (χ2v) is 5.92. The first kappa shape index (κ1) is 15.6. The molecule has 2 amide bonds. The number of likely N-dealkylation sites (tertiary alicyclic amines) is 1. The molecule has 2 aliphatic heterocycles. The molecule has 120 valence electrons. The molecule has 2 aliphatic rings. The van der Waals surface area contributed by atoms with E-state index in [0.29, 0.717) is 34.7 Å². The van der Waals surface area contributed by atoms with E-state index in [0.717, 1.165) is 0 Å². The van der Waals surface area contributed by atoms with Gasteiger partial charge in [-0.05, 0) is 24.6 Å².